The van der Waals surface area contributed by atoms with Crippen LogP contribution < -0.4 is 0 Å². The molecule has 0 radical (unpaired) electrons. The molecule has 22 heavy (non-hydrogen) atoms. The zero-order valence-electron chi connectivity index (χ0n) is 12.5. The number of fused-ring (bicyclic) bond motifs is 3. The van der Waals surface area contributed by atoms with Crippen LogP contribution in [0.3, 0.4) is 0 Å². The number of hydrogen-bond donors (Lipinski definition) is 0. The monoisotopic (exact) mass is 307 g/mol. The van der Waals surface area contributed by atoms with Crippen molar-refractivity contribution >= 4 is 33.4 Å². The van der Waals surface area contributed by atoms with Crippen molar-refractivity contribution in [2.45, 2.75) is 13.5 Å². The topological polar surface area (TPSA) is 4.93 Å². The van der Waals surface area contributed by atoms with Crippen molar-refractivity contribution in [2.75, 3.05) is 0 Å². The van der Waals surface area contributed by atoms with Crippen molar-refractivity contribution in [2.24, 2.45) is 0 Å². The van der Waals surface area contributed by atoms with Gasteiger partial charge in [0, 0.05) is 33.4 Å². The molecule has 0 saturated heterocycles. The molecule has 1 aromatic heterocycles. The Bertz CT molecular complexity index is 825. The number of rotatable bonds is 1. The van der Waals surface area contributed by atoms with Crippen LogP contribution in [-0.4, -0.2) is 4.57 Å². The second-order valence-corrected chi connectivity index (χ2v) is 5.51. The van der Waals surface area contributed by atoms with Gasteiger partial charge in [-0.25, -0.2) is 0 Å². The van der Waals surface area contributed by atoms with Gasteiger partial charge in [-0.1, -0.05) is 66.2 Å². The zero-order chi connectivity index (χ0) is 15.4. The molecule has 3 aromatic carbocycles. The van der Waals surface area contributed by atoms with E-state index in [1.807, 2.05) is 30.3 Å². The maximum Gasteiger partial charge on any atom is 0.0491 e. The molecule has 4 aromatic rings. The van der Waals surface area contributed by atoms with Gasteiger partial charge < -0.3 is 4.57 Å². The van der Waals surface area contributed by atoms with Gasteiger partial charge in [0.05, 0.1) is 0 Å². The lowest BCUT2D eigenvalue weighted by molar-refractivity contribution is 0.827. The van der Waals surface area contributed by atoms with E-state index in [0.29, 0.717) is 0 Å². The molecule has 0 bridgehead atoms. The lowest BCUT2D eigenvalue weighted by atomic mass is 10.2. The van der Waals surface area contributed by atoms with Gasteiger partial charge in [0.2, 0.25) is 0 Å². The van der Waals surface area contributed by atoms with E-state index in [1.54, 1.807) is 0 Å². The van der Waals surface area contributed by atoms with Crippen LogP contribution >= 0.6 is 11.6 Å². The van der Waals surface area contributed by atoms with Crippen molar-refractivity contribution in [1.82, 2.24) is 4.57 Å². The standard InChI is InChI=1S/C14H13N.C6H5Cl/c1-2-15-13-9-5-3-7-11(13)12-8-4-6-10-14(12)15;7-6-4-2-1-3-5-6/h3-10H,2H2,1H3;1-5H. The van der Waals surface area contributed by atoms with Gasteiger partial charge in [-0.2, -0.15) is 0 Å². The van der Waals surface area contributed by atoms with E-state index in [4.69, 9.17) is 11.6 Å². The van der Waals surface area contributed by atoms with Gasteiger partial charge in [-0.3, -0.25) is 0 Å². The third kappa shape index (κ3) is 2.86. The van der Waals surface area contributed by atoms with E-state index < -0.39 is 0 Å². The highest BCUT2D eigenvalue weighted by atomic mass is 35.5. The third-order valence-corrected chi connectivity index (χ3v) is 3.98. The summed E-state index contributed by atoms with van der Waals surface area (Å²) in [6.45, 7) is 3.22. The maximum atomic E-state index is 5.54. The highest BCUT2D eigenvalue weighted by molar-refractivity contribution is 6.30. The molecular formula is C20H18ClN. The van der Waals surface area contributed by atoms with Crippen LogP contribution in [0.5, 0.6) is 0 Å². The fraction of sp³-hybridized carbons (Fsp3) is 0.100. The van der Waals surface area contributed by atoms with Crippen LogP contribution in [0.1, 0.15) is 6.92 Å². The van der Waals surface area contributed by atoms with E-state index in [9.17, 15) is 0 Å². The Morgan fingerprint density at radius 1 is 0.682 bits per heavy atom. The summed E-state index contributed by atoms with van der Waals surface area (Å²) in [7, 11) is 0. The van der Waals surface area contributed by atoms with Crippen molar-refractivity contribution in [3.8, 4) is 0 Å². The van der Waals surface area contributed by atoms with E-state index in [2.05, 4.69) is 60.0 Å². The van der Waals surface area contributed by atoms with Gasteiger partial charge in [0.25, 0.3) is 0 Å². The fourth-order valence-corrected chi connectivity index (χ4v) is 2.90. The summed E-state index contributed by atoms with van der Waals surface area (Å²) in [6.07, 6.45) is 0. The van der Waals surface area contributed by atoms with Crippen LogP contribution in [0.25, 0.3) is 21.8 Å². The molecule has 1 nitrogen and oxygen atoms in total. The number of aryl methyl sites for hydroxylation is 1. The average molecular weight is 308 g/mol. The lowest BCUT2D eigenvalue weighted by Crippen LogP contribution is -1.91. The Morgan fingerprint density at radius 3 is 1.55 bits per heavy atom. The molecule has 0 aliphatic carbocycles. The molecule has 0 aliphatic rings. The lowest BCUT2D eigenvalue weighted by Gasteiger charge is -2.01. The van der Waals surface area contributed by atoms with Gasteiger partial charge in [-0.15, -0.1) is 0 Å². The van der Waals surface area contributed by atoms with Crippen LogP contribution in [0.4, 0.5) is 0 Å². The van der Waals surface area contributed by atoms with Crippen molar-refractivity contribution in [3.05, 3.63) is 83.9 Å². The number of benzene rings is 3. The first-order chi connectivity index (χ1) is 10.8. The van der Waals surface area contributed by atoms with Gasteiger partial charge in [0.15, 0.2) is 0 Å². The van der Waals surface area contributed by atoms with Gasteiger partial charge in [-0.05, 0) is 31.2 Å². The number of nitrogens with zero attached hydrogens (tertiary/aromatic N) is 1. The number of halogens is 1. The summed E-state index contributed by atoms with van der Waals surface area (Å²) < 4.78 is 2.37. The van der Waals surface area contributed by atoms with Crippen molar-refractivity contribution in [1.29, 1.82) is 0 Å². The molecule has 4 rings (SSSR count). The Morgan fingerprint density at radius 2 is 1.14 bits per heavy atom. The molecule has 0 N–H and O–H groups in total. The van der Waals surface area contributed by atoms with E-state index in [0.717, 1.165) is 11.6 Å². The molecule has 0 spiro atoms. The van der Waals surface area contributed by atoms with Gasteiger partial charge in [0.1, 0.15) is 0 Å². The smallest absolute Gasteiger partial charge is 0.0491 e. The minimum Gasteiger partial charge on any atom is -0.341 e. The first-order valence-corrected chi connectivity index (χ1v) is 7.85. The maximum absolute atomic E-state index is 5.54. The second kappa shape index (κ2) is 6.67. The predicted octanol–water partition coefficient (Wildman–Crippen LogP) is 6.15. The largest absolute Gasteiger partial charge is 0.341 e. The molecule has 1 heterocycles. The first-order valence-electron chi connectivity index (χ1n) is 7.47. The second-order valence-electron chi connectivity index (χ2n) is 5.07. The van der Waals surface area contributed by atoms with Gasteiger partial charge >= 0.3 is 0 Å². The number of hydrogen-bond acceptors (Lipinski definition) is 0. The number of aromatic nitrogens is 1. The molecule has 0 aliphatic heterocycles. The summed E-state index contributed by atoms with van der Waals surface area (Å²) in [5.74, 6) is 0. The van der Waals surface area contributed by atoms with Crippen LogP contribution in [-0.2, 0) is 6.54 Å². The highest BCUT2D eigenvalue weighted by Gasteiger charge is 2.06. The molecule has 0 saturated carbocycles. The molecule has 0 atom stereocenters. The summed E-state index contributed by atoms with van der Waals surface area (Å²) in [6, 6.07) is 26.6. The highest BCUT2D eigenvalue weighted by Crippen LogP contribution is 2.28. The molecule has 110 valence electrons. The normalized spacial score (nSPS) is 10.5. The Hall–Kier alpha value is -2.25. The minimum atomic E-state index is 0.794. The minimum absolute atomic E-state index is 0.794. The summed E-state index contributed by atoms with van der Waals surface area (Å²) in [5.41, 5.74) is 2.67. The molecule has 0 fully saturated rings. The summed E-state index contributed by atoms with van der Waals surface area (Å²) in [5, 5.41) is 3.51. The zero-order valence-corrected chi connectivity index (χ0v) is 13.3. The van der Waals surface area contributed by atoms with Crippen LogP contribution in [0.15, 0.2) is 78.9 Å². The van der Waals surface area contributed by atoms with Crippen LogP contribution in [0, 0.1) is 0 Å². The molecule has 0 amide bonds. The van der Waals surface area contributed by atoms with E-state index in [1.165, 1.54) is 21.8 Å². The molecule has 0 unspecified atom stereocenters. The number of para-hydroxylation sites is 2. The quantitative estimate of drug-likeness (QED) is 0.397. The molecule has 2 heteroatoms. The fourth-order valence-electron chi connectivity index (χ4n) is 2.76. The van der Waals surface area contributed by atoms with Crippen molar-refractivity contribution in [3.63, 3.8) is 0 Å². The Labute approximate surface area is 135 Å². The van der Waals surface area contributed by atoms with E-state index in [-0.39, 0.29) is 0 Å². The summed E-state index contributed by atoms with van der Waals surface area (Å²) >= 11 is 5.54. The Kier molecular flexibility index (Phi) is 4.45. The summed E-state index contributed by atoms with van der Waals surface area (Å²) in [4.78, 5) is 0. The third-order valence-electron chi connectivity index (χ3n) is 3.73. The van der Waals surface area contributed by atoms with Crippen LogP contribution in [0.2, 0.25) is 5.02 Å². The molecular weight excluding hydrogens is 290 g/mol. The first kappa shape index (κ1) is 14.7. The van der Waals surface area contributed by atoms with E-state index >= 15 is 0 Å². The Balaban J connectivity index is 0.000000174. The van der Waals surface area contributed by atoms with Crippen molar-refractivity contribution < 1.29 is 0 Å². The average Bonchev–Trinajstić information content (AvgIpc) is 2.90. The SMILES string of the molecule is CCn1c2ccccc2c2ccccc21.Clc1ccccc1. The predicted molar refractivity (Wildman–Crippen MR) is 96.6 cm³/mol.